The van der Waals surface area contributed by atoms with Crippen LogP contribution in [0.5, 0.6) is 0 Å². The number of hydrogen-bond acceptors (Lipinski definition) is 2. The van der Waals surface area contributed by atoms with Crippen molar-refractivity contribution in [3.05, 3.63) is 11.6 Å². The average Bonchev–Trinajstić information content (AvgIpc) is 2.61. The second-order valence-corrected chi connectivity index (χ2v) is 4.69. The fourth-order valence-electron chi connectivity index (χ4n) is 3.05. The minimum atomic E-state index is -0.129. The maximum atomic E-state index is 10.5. The Balaban J connectivity index is 0.00000121. The van der Waals surface area contributed by atoms with Crippen molar-refractivity contribution in [2.24, 2.45) is 0 Å². The van der Waals surface area contributed by atoms with E-state index in [4.69, 9.17) is 0 Å². The molecule has 0 aliphatic carbocycles. The predicted molar refractivity (Wildman–Crippen MR) is 75.4 cm³/mol. The van der Waals surface area contributed by atoms with Gasteiger partial charge in [0.15, 0.2) is 0 Å². The smallest absolute Gasteiger partial charge is 0.0671 e. The highest BCUT2D eigenvalue weighted by Crippen LogP contribution is 2.45. The molecule has 0 bridgehead atoms. The van der Waals surface area contributed by atoms with Crippen LogP contribution in [0, 0.1) is 0 Å². The highest BCUT2D eigenvalue weighted by molar-refractivity contribution is 5.31. The lowest BCUT2D eigenvalue weighted by Crippen LogP contribution is -2.53. The molecule has 0 saturated carbocycles. The Morgan fingerprint density at radius 1 is 1.00 bits per heavy atom. The van der Waals surface area contributed by atoms with Gasteiger partial charge in [-0.3, -0.25) is 0 Å². The van der Waals surface area contributed by atoms with Crippen molar-refractivity contribution in [3.63, 3.8) is 0 Å². The molecule has 0 amide bonds. The van der Waals surface area contributed by atoms with Crippen molar-refractivity contribution in [2.75, 3.05) is 0 Å². The first kappa shape index (κ1) is 16.7. The van der Waals surface area contributed by atoms with E-state index in [0.29, 0.717) is 0 Å². The summed E-state index contributed by atoms with van der Waals surface area (Å²) in [6, 6.07) is 0. The fraction of sp³-hybridized carbons (Fsp3) is 0.867. The fourth-order valence-corrected chi connectivity index (χ4v) is 3.05. The molecular weight excluding hydrogens is 210 g/mol. The summed E-state index contributed by atoms with van der Waals surface area (Å²) in [6.45, 7) is 14.8. The maximum Gasteiger partial charge on any atom is 0.0671 e. The van der Waals surface area contributed by atoms with Gasteiger partial charge in [0.25, 0.3) is 0 Å². The quantitative estimate of drug-likeness (QED) is 0.716. The molecule has 0 atom stereocenters. The Hall–Kier alpha value is -0.340. The zero-order valence-corrected chi connectivity index (χ0v) is 12.8. The molecule has 1 aliphatic rings. The molecule has 2 nitrogen and oxygen atoms in total. The van der Waals surface area contributed by atoms with Crippen LogP contribution in [0.1, 0.15) is 74.1 Å². The summed E-state index contributed by atoms with van der Waals surface area (Å²) in [5, 5.41) is 12.1. The van der Waals surface area contributed by atoms with Crippen LogP contribution in [0.4, 0.5) is 0 Å². The van der Waals surface area contributed by atoms with Crippen LogP contribution in [-0.4, -0.2) is 21.3 Å². The van der Waals surface area contributed by atoms with Crippen molar-refractivity contribution < 1.29 is 5.21 Å². The average molecular weight is 241 g/mol. The topological polar surface area (TPSA) is 23.5 Å². The lowest BCUT2D eigenvalue weighted by molar-refractivity contribution is -0.208. The highest BCUT2D eigenvalue weighted by Gasteiger charge is 2.50. The molecule has 1 aliphatic heterocycles. The number of hydroxylamine groups is 2. The second kappa shape index (κ2) is 6.55. The summed E-state index contributed by atoms with van der Waals surface area (Å²) in [5.41, 5.74) is 1.08. The van der Waals surface area contributed by atoms with Gasteiger partial charge in [0.2, 0.25) is 0 Å². The largest absolute Gasteiger partial charge is 0.312 e. The molecule has 17 heavy (non-hydrogen) atoms. The summed E-state index contributed by atoms with van der Waals surface area (Å²) in [5.74, 6) is 0. The van der Waals surface area contributed by atoms with Crippen molar-refractivity contribution >= 4 is 0 Å². The summed E-state index contributed by atoms with van der Waals surface area (Å²) >= 11 is 0. The minimum absolute atomic E-state index is 0.119. The lowest BCUT2D eigenvalue weighted by atomic mass is 9.87. The van der Waals surface area contributed by atoms with Gasteiger partial charge < -0.3 is 5.21 Å². The van der Waals surface area contributed by atoms with Gasteiger partial charge in [-0.05, 0) is 32.6 Å². The Morgan fingerprint density at radius 2 is 1.41 bits per heavy atom. The second-order valence-electron chi connectivity index (χ2n) is 4.69. The zero-order chi connectivity index (χ0) is 13.7. The van der Waals surface area contributed by atoms with E-state index in [1.807, 2.05) is 13.8 Å². The van der Waals surface area contributed by atoms with Crippen LogP contribution in [0.25, 0.3) is 0 Å². The van der Waals surface area contributed by atoms with E-state index >= 15 is 0 Å². The molecule has 2 heteroatoms. The van der Waals surface area contributed by atoms with Gasteiger partial charge in [0.05, 0.1) is 11.1 Å². The van der Waals surface area contributed by atoms with Crippen LogP contribution in [0.2, 0.25) is 0 Å². The van der Waals surface area contributed by atoms with Gasteiger partial charge in [-0.2, -0.15) is 5.06 Å². The summed E-state index contributed by atoms with van der Waals surface area (Å²) in [6.07, 6.45) is 6.17. The van der Waals surface area contributed by atoms with Gasteiger partial charge >= 0.3 is 0 Å². The molecule has 0 unspecified atom stereocenters. The van der Waals surface area contributed by atoms with Gasteiger partial charge in [0, 0.05) is 0 Å². The summed E-state index contributed by atoms with van der Waals surface area (Å²) < 4.78 is 0. The van der Waals surface area contributed by atoms with Crippen molar-refractivity contribution in [1.82, 2.24) is 5.06 Å². The normalized spacial score (nSPS) is 21.8. The molecule has 1 rings (SSSR count). The Bertz CT molecular complexity index is 250. The van der Waals surface area contributed by atoms with Gasteiger partial charge in [-0.1, -0.05) is 53.2 Å². The lowest BCUT2D eigenvalue weighted by Gasteiger charge is -2.43. The van der Waals surface area contributed by atoms with E-state index in [1.165, 1.54) is 5.57 Å². The molecular formula is C15H31NO. The molecule has 0 radical (unpaired) electrons. The summed E-state index contributed by atoms with van der Waals surface area (Å²) in [7, 11) is 0. The Kier molecular flexibility index (Phi) is 6.42. The van der Waals surface area contributed by atoms with Crippen molar-refractivity contribution in [3.8, 4) is 0 Å². The van der Waals surface area contributed by atoms with E-state index < -0.39 is 0 Å². The first-order chi connectivity index (χ1) is 8.03. The zero-order valence-electron chi connectivity index (χ0n) is 12.8. The minimum Gasteiger partial charge on any atom is -0.312 e. The van der Waals surface area contributed by atoms with Crippen molar-refractivity contribution in [2.45, 2.75) is 85.2 Å². The summed E-state index contributed by atoms with van der Waals surface area (Å²) in [4.78, 5) is 0. The van der Waals surface area contributed by atoms with Crippen molar-refractivity contribution in [1.29, 1.82) is 0 Å². The molecule has 0 saturated heterocycles. The van der Waals surface area contributed by atoms with Crippen LogP contribution in [0.15, 0.2) is 11.6 Å². The third-order valence-electron chi connectivity index (χ3n) is 4.44. The molecule has 0 aromatic heterocycles. The molecule has 1 heterocycles. The molecule has 0 aromatic carbocycles. The van der Waals surface area contributed by atoms with E-state index in [-0.39, 0.29) is 11.1 Å². The molecule has 1 N–H and O–H groups in total. The van der Waals surface area contributed by atoms with Crippen LogP contribution in [0.3, 0.4) is 0 Å². The van der Waals surface area contributed by atoms with E-state index in [0.717, 1.165) is 25.7 Å². The SMILES string of the molecule is CC.CCC1(CC)C=C(C)C(CC)(CC)N1O. The monoisotopic (exact) mass is 241 g/mol. The first-order valence-corrected chi connectivity index (χ1v) is 7.22. The molecule has 0 fully saturated rings. The third kappa shape index (κ3) is 2.43. The number of nitrogens with zero attached hydrogens (tertiary/aromatic N) is 1. The van der Waals surface area contributed by atoms with Crippen LogP contribution >= 0.6 is 0 Å². The Morgan fingerprint density at radius 3 is 1.59 bits per heavy atom. The van der Waals surface area contributed by atoms with E-state index in [9.17, 15) is 5.21 Å². The molecule has 0 aromatic rings. The molecule has 0 spiro atoms. The van der Waals surface area contributed by atoms with E-state index in [2.05, 4.69) is 40.7 Å². The Labute approximate surface area is 108 Å². The van der Waals surface area contributed by atoms with Gasteiger partial charge in [-0.15, -0.1) is 0 Å². The van der Waals surface area contributed by atoms with Gasteiger partial charge in [-0.25, -0.2) is 0 Å². The van der Waals surface area contributed by atoms with Gasteiger partial charge in [0.1, 0.15) is 0 Å². The molecule has 102 valence electrons. The maximum absolute atomic E-state index is 10.5. The number of rotatable bonds is 4. The predicted octanol–water partition coefficient (Wildman–Crippen LogP) is 4.78. The third-order valence-corrected chi connectivity index (χ3v) is 4.44. The van der Waals surface area contributed by atoms with E-state index in [1.54, 1.807) is 5.06 Å². The highest BCUT2D eigenvalue weighted by atomic mass is 16.5. The van der Waals surface area contributed by atoms with Crippen LogP contribution < -0.4 is 0 Å². The first-order valence-electron chi connectivity index (χ1n) is 7.22. The van der Waals surface area contributed by atoms with Crippen LogP contribution in [-0.2, 0) is 0 Å². The standard InChI is InChI=1S/C13H25NO.C2H6/c1-6-12(7-2)10-11(5)13(8-3,9-4)14(12)15;1-2/h10,15H,6-9H2,1-5H3;1-2H3. The number of hydrogen-bond donors (Lipinski definition) is 1.